The molecule has 0 aliphatic carbocycles. The van der Waals surface area contributed by atoms with Crippen molar-refractivity contribution >= 4 is 5.91 Å². The second kappa shape index (κ2) is 7.60. The van der Waals surface area contributed by atoms with Gasteiger partial charge in [0.15, 0.2) is 0 Å². The van der Waals surface area contributed by atoms with Crippen LogP contribution in [0.3, 0.4) is 0 Å². The Labute approximate surface area is 98.9 Å². The minimum atomic E-state index is 0.0133. The molecule has 0 aliphatic heterocycles. The molecule has 0 bridgehead atoms. The van der Waals surface area contributed by atoms with Gasteiger partial charge in [-0.15, -0.1) is 0 Å². The van der Waals surface area contributed by atoms with E-state index in [1.54, 1.807) is 17.1 Å². The van der Waals surface area contributed by atoms with Gasteiger partial charge in [-0.05, 0) is 11.8 Å². The Hall–Kier alpha value is -0.650. The van der Waals surface area contributed by atoms with Crippen molar-refractivity contribution in [2.24, 2.45) is 17.7 Å². The standard InChI is InChI=1S/C11H26N4O/c1-9(2)6-14(12)8-11(16)15(13-5)7-10(3)4/h9-10,13H,6-8,12H2,1-5H3. The van der Waals surface area contributed by atoms with Crippen LogP contribution >= 0.6 is 0 Å². The first-order chi connectivity index (χ1) is 7.36. The summed E-state index contributed by atoms with van der Waals surface area (Å²) >= 11 is 0. The van der Waals surface area contributed by atoms with Crippen molar-refractivity contribution in [1.82, 2.24) is 15.4 Å². The molecular formula is C11H26N4O. The Bertz CT molecular complexity index is 206. The van der Waals surface area contributed by atoms with Crippen molar-refractivity contribution in [3.05, 3.63) is 0 Å². The molecule has 0 saturated carbocycles. The molecule has 5 nitrogen and oxygen atoms in total. The highest BCUT2D eigenvalue weighted by molar-refractivity contribution is 5.77. The minimum Gasteiger partial charge on any atom is -0.277 e. The van der Waals surface area contributed by atoms with E-state index >= 15 is 0 Å². The molecule has 0 aromatic heterocycles. The van der Waals surface area contributed by atoms with Crippen molar-refractivity contribution < 1.29 is 4.79 Å². The van der Waals surface area contributed by atoms with Gasteiger partial charge in [0, 0.05) is 20.1 Å². The van der Waals surface area contributed by atoms with Gasteiger partial charge in [0.1, 0.15) is 0 Å². The van der Waals surface area contributed by atoms with Gasteiger partial charge in [0.2, 0.25) is 0 Å². The van der Waals surface area contributed by atoms with Crippen LogP contribution in [-0.4, -0.2) is 42.6 Å². The van der Waals surface area contributed by atoms with E-state index in [4.69, 9.17) is 5.84 Å². The average molecular weight is 230 g/mol. The summed E-state index contributed by atoms with van der Waals surface area (Å²) in [6.07, 6.45) is 0. The van der Waals surface area contributed by atoms with E-state index in [0.717, 1.165) is 6.54 Å². The smallest absolute Gasteiger partial charge is 0.252 e. The number of carbonyl (C=O) groups is 1. The molecule has 96 valence electrons. The lowest BCUT2D eigenvalue weighted by molar-refractivity contribution is -0.136. The highest BCUT2D eigenvalue weighted by Crippen LogP contribution is 1.98. The number of hydrogen-bond acceptors (Lipinski definition) is 4. The SMILES string of the molecule is CNN(CC(C)C)C(=O)CN(N)CC(C)C. The first-order valence-electron chi connectivity index (χ1n) is 5.84. The molecule has 0 heterocycles. The summed E-state index contributed by atoms with van der Waals surface area (Å²) in [5, 5.41) is 3.18. The number of nitrogens with two attached hydrogens (primary N) is 1. The molecule has 0 aromatic carbocycles. The maximum atomic E-state index is 11.8. The third-order valence-electron chi connectivity index (χ3n) is 2.06. The van der Waals surface area contributed by atoms with Gasteiger partial charge < -0.3 is 0 Å². The van der Waals surface area contributed by atoms with E-state index in [0.29, 0.717) is 18.4 Å². The zero-order valence-electron chi connectivity index (χ0n) is 11.2. The zero-order chi connectivity index (χ0) is 12.7. The average Bonchev–Trinajstić information content (AvgIpc) is 2.11. The number of hydrogen-bond donors (Lipinski definition) is 2. The minimum absolute atomic E-state index is 0.0133. The van der Waals surface area contributed by atoms with Crippen molar-refractivity contribution in [2.75, 3.05) is 26.7 Å². The summed E-state index contributed by atoms with van der Waals surface area (Å²) in [7, 11) is 1.75. The van der Waals surface area contributed by atoms with Gasteiger partial charge in [0.25, 0.3) is 5.91 Å². The maximum Gasteiger partial charge on any atom is 0.252 e. The van der Waals surface area contributed by atoms with Crippen LogP contribution in [0.4, 0.5) is 0 Å². The molecule has 0 radical (unpaired) electrons. The fourth-order valence-electron chi connectivity index (χ4n) is 1.48. The molecule has 0 unspecified atom stereocenters. The molecule has 0 aliphatic rings. The summed E-state index contributed by atoms with van der Waals surface area (Å²) in [5.41, 5.74) is 2.89. The molecule has 0 aromatic rings. The van der Waals surface area contributed by atoms with Gasteiger partial charge in [-0.1, -0.05) is 27.7 Å². The Balaban J connectivity index is 4.10. The van der Waals surface area contributed by atoms with E-state index in [1.165, 1.54) is 0 Å². The summed E-state index contributed by atoms with van der Waals surface area (Å²) in [6.45, 7) is 9.99. The van der Waals surface area contributed by atoms with Crippen LogP contribution in [0.2, 0.25) is 0 Å². The van der Waals surface area contributed by atoms with E-state index in [9.17, 15) is 4.79 Å². The molecule has 0 saturated heterocycles. The third kappa shape index (κ3) is 6.76. The largest absolute Gasteiger partial charge is 0.277 e. The molecular weight excluding hydrogens is 204 g/mol. The molecule has 0 fully saturated rings. The number of nitrogens with one attached hydrogen (secondary N) is 1. The van der Waals surface area contributed by atoms with Crippen LogP contribution < -0.4 is 11.3 Å². The maximum absolute atomic E-state index is 11.8. The molecule has 0 atom stereocenters. The monoisotopic (exact) mass is 230 g/mol. The fourth-order valence-corrected chi connectivity index (χ4v) is 1.48. The number of hydrazine groups is 2. The molecule has 5 heteroatoms. The first kappa shape index (κ1) is 15.3. The Morgan fingerprint density at radius 2 is 1.69 bits per heavy atom. The number of nitrogens with zero attached hydrogens (tertiary/aromatic N) is 2. The lowest BCUT2D eigenvalue weighted by atomic mass is 10.2. The fraction of sp³-hybridized carbons (Fsp3) is 0.909. The van der Waals surface area contributed by atoms with Gasteiger partial charge in [-0.2, -0.15) is 0 Å². The van der Waals surface area contributed by atoms with Crippen LogP contribution in [0.5, 0.6) is 0 Å². The zero-order valence-corrected chi connectivity index (χ0v) is 11.2. The second-order valence-corrected chi connectivity index (χ2v) is 4.95. The van der Waals surface area contributed by atoms with Crippen LogP contribution in [0.1, 0.15) is 27.7 Å². The lowest BCUT2D eigenvalue weighted by Gasteiger charge is -2.26. The first-order valence-corrected chi connectivity index (χ1v) is 5.84. The van der Waals surface area contributed by atoms with Gasteiger partial charge in [-0.25, -0.2) is 10.4 Å². The van der Waals surface area contributed by atoms with E-state index in [1.807, 2.05) is 0 Å². The highest BCUT2D eigenvalue weighted by Gasteiger charge is 2.15. The molecule has 0 rings (SSSR count). The summed E-state index contributed by atoms with van der Waals surface area (Å²) in [4.78, 5) is 11.8. The molecule has 16 heavy (non-hydrogen) atoms. The Kier molecular flexibility index (Phi) is 7.29. The number of amides is 1. The lowest BCUT2D eigenvalue weighted by Crippen LogP contribution is -2.49. The molecule has 1 amide bonds. The van der Waals surface area contributed by atoms with Crippen LogP contribution in [0.25, 0.3) is 0 Å². The van der Waals surface area contributed by atoms with Crippen molar-refractivity contribution in [2.45, 2.75) is 27.7 Å². The predicted octanol–water partition coefficient (Wildman–Crippen LogP) is 0.437. The second-order valence-electron chi connectivity index (χ2n) is 4.95. The summed E-state index contributed by atoms with van der Waals surface area (Å²) in [5.74, 6) is 6.67. The summed E-state index contributed by atoms with van der Waals surface area (Å²) < 4.78 is 0. The third-order valence-corrected chi connectivity index (χ3v) is 2.06. The van der Waals surface area contributed by atoms with Crippen LogP contribution in [0.15, 0.2) is 0 Å². The van der Waals surface area contributed by atoms with Gasteiger partial charge in [-0.3, -0.25) is 15.6 Å². The van der Waals surface area contributed by atoms with E-state index in [2.05, 4.69) is 33.1 Å². The molecule has 0 spiro atoms. The predicted molar refractivity (Wildman–Crippen MR) is 66.2 cm³/mol. The van der Waals surface area contributed by atoms with Crippen molar-refractivity contribution in [3.8, 4) is 0 Å². The van der Waals surface area contributed by atoms with E-state index in [-0.39, 0.29) is 12.5 Å². The molecule has 3 N–H and O–H groups in total. The summed E-state index contributed by atoms with van der Waals surface area (Å²) in [6, 6.07) is 0. The van der Waals surface area contributed by atoms with Gasteiger partial charge in [0.05, 0.1) is 6.54 Å². The topological polar surface area (TPSA) is 61.6 Å². The van der Waals surface area contributed by atoms with Crippen molar-refractivity contribution in [3.63, 3.8) is 0 Å². The van der Waals surface area contributed by atoms with Gasteiger partial charge >= 0.3 is 0 Å². The number of carbonyl (C=O) groups excluding carboxylic acids is 1. The van der Waals surface area contributed by atoms with E-state index < -0.39 is 0 Å². The number of rotatable bonds is 7. The van der Waals surface area contributed by atoms with Crippen LogP contribution in [-0.2, 0) is 4.79 Å². The van der Waals surface area contributed by atoms with Crippen molar-refractivity contribution in [1.29, 1.82) is 0 Å². The Morgan fingerprint density at radius 3 is 2.06 bits per heavy atom. The Morgan fingerprint density at radius 1 is 1.19 bits per heavy atom. The normalized spacial score (nSPS) is 11.6. The highest BCUT2D eigenvalue weighted by atomic mass is 16.2. The quantitative estimate of drug-likeness (QED) is 0.492. The van der Waals surface area contributed by atoms with Crippen LogP contribution in [0, 0.1) is 11.8 Å².